The summed E-state index contributed by atoms with van der Waals surface area (Å²) in [5.74, 6) is 0. The van der Waals surface area contributed by atoms with Crippen LogP contribution in [-0.4, -0.2) is 39.4 Å². The molecule has 0 saturated heterocycles. The van der Waals surface area contributed by atoms with Crippen molar-refractivity contribution in [3.8, 4) is 0 Å². The van der Waals surface area contributed by atoms with Gasteiger partial charge in [-0.3, -0.25) is 0 Å². The fraction of sp³-hybridized carbons (Fsp3) is 0.889. The number of aliphatic hydroxyl groups is 1. The summed E-state index contributed by atoms with van der Waals surface area (Å²) < 4.78 is 31.1. The third-order valence-electron chi connectivity index (χ3n) is 2.02. The van der Waals surface area contributed by atoms with Crippen molar-refractivity contribution < 1.29 is 23.1 Å². The number of carbonyl (C=O) groups is 1. The Morgan fingerprint density at radius 2 is 2.00 bits per heavy atom. The Balaban J connectivity index is 4.23. The molecule has 0 saturated carbocycles. The molecule has 0 unspecified atom stereocenters. The van der Waals surface area contributed by atoms with Crippen LogP contribution in [0.2, 0.25) is 0 Å². The van der Waals surface area contributed by atoms with Gasteiger partial charge in [-0.05, 0) is 18.8 Å². The molecule has 7 nitrogen and oxygen atoms in total. The number of amides is 1. The van der Waals surface area contributed by atoms with Gasteiger partial charge in [0.1, 0.15) is 0 Å². The van der Waals surface area contributed by atoms with Gasteiger partial charge < -0.3 is 9.84 Å². The normalized spacial score (nSPS) is 12.2. The van der Waals surface area contributed by atoms with E-state index in [2.05, 4.69) is 9.46 Å². The molecule has 3 N–H and O–H groups in total. The van der Waals surface area contributed by atoms with Gasteiger partial charge in [0.2, 0.25) is 0 Å². The summed E-state index contributed by atoms with van der Waals surface area (Å²) in [6.07, 6.45) is -0.561. The predicted octanol–water partition coefficient (Wildman–Crippen LogP) is -0.0245. The fourth-order valence-electron chi connectivity index (χ4n) is 0.988. The van der Waals surface area contributed by atoms with Crippen LogP contribution < -0.4 is 9.44 Å². The summed E-state index contributed by atoms with van der Waals surface area (Å²) in [6, 6.07) is 0. The molecule has 0 fully saturated rings. The number of hydrogen-bond acceptors (Lipinski definition) is 5. The zero-order chi connectivity index (χ0) is 13.5. The second-order valence-electron chi connectivity index (χ2n) is 4.28. The van der Waals surface area contributed by atoms with E-state index in [1.165, 1.54) is 0 Å². The number of nitrogens with one attached hydrogen (secondary N) is 2. The lowest BCUT2D eigenvalue weighted by atomic mass is 9.90. The summed E-state index contributed by atoms with van der Waals surface area (Å²) in [4.78, 5) is 10.9. The van der Waals surface area contributed by atoms with Crippen molar-refractivity contribution in [2.75, 3.05) is 19.8 Å². The van der Waals surface area contributed by atoms with E-state index in [1.807, 2.05) is 0 Å². The van der Waals surface area contributed by atoms with Gasteiger partial charge in [0.25, 0.3) is 0 Å². The molecule has 17 heavy (non-hydrogen) atoms. The van der Waals surface area contributed by atoms with Crippen molar-refractivity contribution in [1.82, 2.24) is 9.44 Å². The van der Waals surface area contributed by atoms with E-state index < -0.39 is 21.7 Å². The van der Waals surface area contributed by atoms with E-state index in [9.17, 15) is 13.2 Å². The van der Waals surface area contributed by atoms with E-state index in [0.717, 1.165) is 0 Å². The molecular formula is C9H20N2O5S. The molecule has 102 valence electrons. The molecule has 0 spiro atoms. The smallest absolute Gasteiger partial charge is 0.421 e. The van der Waals surface area contributed by atoms with Crippen LogP contribution in [0.4, 0.5) is 4.79 Å². The van der Waals surface area contributed by atoms with Gasteiger partial charge in [-0.15, -0.1) is 0 Å². The van der Waals surface area contributed by atoms with E-state index in [0.29, 0.717) is 6.42 Å². The molecular weight excluding hydrogens is 248 g/mol. The first-order valence-corrected chi connectivity index (χ1v) is 6.76. The van der Waals surface area contributed by atoms with Crippen LogP contribution in [0.3, 0.4) is 0 Å². The Bertz CT molecular complexity index is 339. The summed E-state index contributed by atoms with van der Waals surface area (Å²) in [7, 11) is -3.91. The molecule has 0 aliphatic heterocycles. The average molecular weight is 268 g/mol. The van der Waals surface area contributed by atoms with Crippen molar-refractivity contribution in [3.05, 3.63) is 0 Å². The van der Waals surface area contributed by atoms with Crippen LogP contribution in [0, 0.1) is 5.41 Å². The van der Waals surface area contributed by atoms with Gasteiger partial charge >= 0.3 is 16.3 Å². The lowest BCUT2D eigenvalue weighted by Gasteiger charge is -2.23. The minimum absolute atomic E-state index is 0.0277. The van der Waals surface area contributed by atoms with Crippen molar-refractivity contribution in [1.29, 1.82) is 0 Å². The summed E-state index contributed by atoms with van der Waals surface area (Å²) in [5.41, 5.74) is -0.391. The third kappa shape index (κ3) is 7.94. The molecule has 0 rings (SSSR count). The predicted molar refractivity (Wildman–Crippen MR) is 62.6 cm³/mol. The van der Waals surface area contributed by atoms with Crippen molar-refractivity contribution >= 4 is 16.3 Å². The molecule has 8 heteroatoms. The zero-order valence-corrected chi connectivity index (χ0v) is 11.1. The zero-order valence-electron chi connectivity index (χ0n) is 10.3. The van der Waals surface area contributed by atoms with Gasteiger partial charge in [0.05, 0.1) is 6.61 Å². The Kier molecular flexibility index (Phi) is 6.43. The van der Waals surface area contributed by atoms with Crippen molar-refractivity contribution in [3.63, 3.8) is 0 Å². The highest BCUT2D eigenvalue weighted by molar-refractivity contribution is 7.88. The maximum absolute atomic E-state index is 11.4. The van der Waals surface area contributed by atoms with Gasteiger partial charge in [-0.1, -0.05) is 13.8 Å². The number of rotatable bonds is 7. The van der Waals surface area contributed by atoms with Crippen LogP contribution in [0.5, 0.6) is 0 Å². The Morgan fingerprint density at radius 1 is 1.41 bits per heavy atom. The number of carbonyl (C=O) groups excluding carboxylic acids is 1. The molecule has 0 atom stereocenters. The molecule has 0 aromatic rings. The van der Waals surface area contributed by atoms with E-state index >= 15 is 0 Å². The molecule has 0 aromatic carbocycles. The van der Waals surface area contributed by atoms with Crippen molar-refractivity contribution in [2.45, 2.75) is 27.2 Å². The molecule has 0 heterocycles. The lowest BCUT2D eigenvalue weighted by molar-refractivity contribution is 0.158. The molecule has 0 radical (unpaired) electrons. The van der Waals surface area contributed by atoms with Gasteiger partial charge in [0, 0.05) is 13.2 Å². The van der Waals surface area contributed by atoms with Crippen LogP contribution in [0.1, 0.15) is 27.2 Å². The maximum atomic E-state index is 11.4. The van der Waals surface area contributed by atoms with Crippen LogP contribution >= 0.6 is 0 Å². The molecule has 0 aliphatic carbocycles. The Morgan fingerprint density at radius 3 is 2.47 bits per heavy atom. The largest absolute Gasteiger partial charge is 0.449 e. The molecule has 0 aromatic heterocycles. The first-order valence-electron chi connectivity index (χ1n) is 5.27. The van der Waals surface area contributed by atoms with E-state index in [-0.39, 0.29) is 19.8 Å². The summed E-state index contributed by atoms with van der Waals surface area (Å²) >= 11 is 0. The van der Waals surface area contributed by atoms with Crippen molar-refractivity contribution in [2.24, 2.45) is 5.41 Å². The average Bonchev–Trinajstić information content (AvgIpc) is 2.15. The molecule has 0 aliphatic rings. The quantitative estimate of drug-likeness (QED) is 0.601. The highest BCUT2D eigenvalue weighted by Gasteiger charge is 2.22. The summed E-state index contributed by atoms with van der Waals surface area (Å²) in [6.45, 7) is 5.36. The minimum atomic E-state index is -3.91. The first-order chi connectivity index (χ1) is 7.72. The Hall–Kier alpha value is -0.860. The van der Waals surface area contributed by atoms with E-state index in [4.69, 9.17) is 5.11 Å². The number of ether oxygens (including phenoxy) is 1. The fourth-order valence-corrected chi connectivity index (χ4v) is 1.92. The molecule has 0 bridgehead atoms. The van der Waals surface area contributed by atoms with Crippen LogP contribution in [0.15, 0.2) is 0 Å². The first kappa shape index (κ1) is 16.1. The van der Waals surface area contributed by atoms with E-state index in [1.54, 1.807) is 25.5 Å². The number of hydrogen-bond donors (Lipinski definition) is 3. The van der Waals surface area contributed by atoms with Crippen LogP contribution in [0.25, 0.3) is 0 Å². The van der Waals surface area contributed by atoms with Gasteiger partial charge in [-0.25, -0.2) is 9.52 Å². The topological polar surface area (TPSA) is 105 Å². The Labute approximate surface area is 102 Å². The lowest BCUT2D eigenvalue weighted by Crippen LogP contribution is -2.44. The monoisotopic (exact) mass is 268 g/mol. The minimum Gasteiger partial charge on any atom is -0.449 e. The highest BCUT2D eigenvalue weighted by Crippen LogP contribution is 2.18. The second-order valence-corrected chi connectivity index (χ2v) is 5.78. The highest BCUT2D eigenvalue weighted by atomic mass is 32.2. The second kappa shape index (κ2) is 6.77. The SMILES string of the molecule is CCOC(=O)NS(=O)(=O)NCC(C)(C)CCO. The van der Waals surface area contributed by atoms with Gasteiger partial charge in [-0.2, -0.15) is 13.1 Å². The van der Waals surface area contributed by atoms with Gasteiger partial charge in [0.15, 0.2) is 0 Å². The maximum Gasteiger partial charge on any atom is 0.421 e. The number of aliphatic hydroxyl groups excluding tert-OH is 1. The van der Waals surface area contributed by atoms with Crippen LogP contribution in [-0.2, 0) is 14.9 Å². The standard InChI is InChI=1S/C9H20N2O5S/c1-4-16-8(13)11-17(14,15)10-7-9(2,3)5-6-12/h10,12H,4-7H2,1-3H3,(H,11,13). The summed E-state index contributed by atoms with van der Waals surface area (Å²) in [5, 5.41) is 8.78. The molecule has 1 amide bonds. The third-order valence-corrected chi connectivity index (χ3v) is 2.98.